The van der Waals surface area contributed by atoms with Crippen LogP contribution in [0.25, 0.3) is 10.9 Å². The van der Waals surface area contributed by atoms with E-state index in [1.165, 1.54) is 5.56 Å². The molecule has 4 heteroatoms. The first-order chi connectivity index (χ1) is 10.6. The molecule has 0 fully saturated rings. The number of hydrogen-bond donors (Lipinski definition) is 2. The van der Waals surface area contributed by atoms with Crippen LogP contribution in [0.4, 0.5) is 5.69 Å². The van der Waals surface area contributed by atoms with Gasteiger partial charge < -0.3 is 5.11 Å². The van der Waals surface area contributed by atoms with Gasteiger partial charge in [0.15, 0.2) is 0 Å². The maximum absolute atomic E-state index is 9.73. The number of phenols is 1. The van der Waals surface area contributed by atoms with Crippen molar-refractivity contribution in [3.8, 4) is 5.75 Å². The molecule has 3 rings (SSSR count). The van der Waals surface area contributed by atoms with Crippen molar-refractivity contribution in [2.45, 2.75) is 13.8 Å². The van der Waals surface area contributed by atoms with E-state index in [9.17, 15) is 5.11 Å². The molecule has 0 saturated heterocycles. The quantitative estimate of drug-likeness (QED) is 0.566. The van der Waals surface area contributed by atoms with E-state index in [1.807, 2.05) is 38.1 Å². The molecule has 2 aromatic carbocycles. The van der Waals surface area contributed by atoms with Crippen molar-refractivity contribution in [3.05, 3.63) is 65.4 Å². The Balaban J connectivity index is 1.94. The van der Waals surface area contributed by atoms with Crippen LogP contribution in [-0.2, 0) is 0 Å². The number of nitrogens with zero attached hydrogens (tertiary/aromatic N) is 2. The van der Waals surface area contributed by atoms with E-state index in [-0.39, 0.29) is 5.75 Å². The fourth-order valence-electron chi connectivity index (χ4n) is 2.33. The van der Waals surface area contributed by atoms with Gasteiger partial charge in [-0.3, -0.25) is 10.4 Å². The predicted molar refractivity (Wildman–Crippen MR) is 90.5 cm³/mol. The Bertz CT molecular complexity index is 856. The smallest absolute Gasteiger partial charge is 0.124 e. The highest BCUT2D eigenvalue weighted by molar-refractivity contribution is 5.92. The monoisotopic (exact) mass is 291 g/mol. The van der Waals surface area contributed by atoms with Crippen molar-refractivity contribution in [2.24, 2.45) is 5.10 Å². The summed E-state index contributed by atoms with van der Waals surface area (Å²) in [6.07, 6.45) is 1.60. The van der Waals surface area contributed by atoms with E-state index in [0.29, 0.717) is 5.56 Å². The van der Waals surface area contributed by atoms with Crippen LogP contribution in [0, 0.1) is 13.8 Å². The van der Waals surface area contributed by atoms with Crippen LogP contribution in [0.1, 0.15) is 16.8 Å². The average molecular weight is 291 g/mol. The SMILES string of the molecule is Cc1ccc2nc(C)cc(N/N=C\c3ccccc3O)c2c1. The first kappa shape index (κ1) is 14.1. The molecule has 0 amide bonds. The first-order valence-corrected chi connectivity index (χ1v) is 7.08. The summed E-state index contributed by atoms with van der Waals surface area (Å²) < 4.78 is 0. The number of aromatic nitrogens is 1. The van der Waals surface area contributed by atoms with Crippen molar-refractivity contribution in [1.29, 1.82) is 0 Å². The molecule has 0 aliphatic heterocycles. The van der Waals surface area contributed by atoms with Gasteiger partial charge in [0.05, 0.1) is 17.4 Å². The summed E-state index contributed by atoms with van der Waals surface area (Å²) in [5.41, 5.74) is 7.65. The highest BCUT2D eigenvalue weighted by Crippen LogP contribution is 2.24. The van der Waals surface area contributed by atoms with Crippen LogP contribution in [0.2, 0.25) is 0 Å². The van der Waals surface area contributed by atoms with Gasteiger partial charge in [-0.2, -0.15) is 5.10 Å². The Morgan fingerprint density at radius 2 is 1.91 bits per heavy atom. The van der Waals surface area contributed by atoms with E-state index >= 15 is 0 Å². The summed E-state index contributed by atoms with van der Waals surface area (Å²) in [4.78, 5) is 4.53. The first-order valence-electron chi connectivity index (χ1n) is 7.08. The highest BCUT2D eigenvalue weighted by Gasteiger charge is 2.04. The predicted octanol–water partition coefficient (Wildman–Crippen LogP) is 4.00. The number of anilines is 1. The number of hydrazone groups is 1. The van der Waals surface area contributed by atoms with E-state index in [2.05, 4.69) is 21.6 Å². The zero-order valence-corrected chi connectivity index (χ0v) is 12.5. The van der Waals surface area contributed by atoms with Crippen LogP contribution in [0.5, 0.6) is 5.75 Å². The number of aromatic hydroxyl groups is 1. The number of aryl methyl sites for hydroxylation is 2. The third-order valence-electron chi connectivity index (χ3n) is 3.42. The largest absolute Gasteiger partial charge is 0.507 e. The van der Waals surface area contributed by atoms with Crippen LogP contribution >= 0.6 is 0 Å². The zero-order valence-electron chi connectivity index (χ0n) is 12.5. The molecule has 0 saturated carbocycles. The number of pyridine rings is 1. The number of fused-ring (bicyclic) bond motifs is 1. The maximum Gasteiger partial charge on any atom is 0.124 e. The number of para-hydroxylation sites is 1. The lowest BCUT2D eigenvalue weighted by Gasteiger charge is -2.08. The van der Waals surface area contributed by atoms with E-state index in [1.54, 1.807) is 24.4 Å². The molecule has 0 atom stereocenters. The molecule has 3 aromatic rings. The Labute approximate surface area is 129 Å². The summed E-state index contributed by atoms with van der Waals surface area (Å²) in [7, 11) is 0. The topological polar surface area (TPSA) is 57.5 Å². The number of benzene rings is 2. The number of nitrogens with one attached hydrogen (secondary N) is 1. The fraction of sp³-hybridized carbons (Fsp3) is 0.111. The average Bonchev–Trinajstić information content (AvgIpc) is 2.50. The van der Waals surface area contributed by atoms with Crippen LogP contribution in [-0.4, -0.2) is 16.3 Å². The van der Waals surface area contributed by atoms with Gasteiger partial charge in [-0.1, -0.05) is 23.8 Å². The minimum atomic E-state index is 0.208. The lowest BCUT2D eigenvalue weighted by atomic mass is 10.1. The second-order valence-electron chi connectivity index (χ2n) is 5.26. The number of hydrogen-bond acceptors (Lipinski definition) is 4. The summed E-state index contributed by atoms with van der Waals surface area (Å²) >= 11 is 0. The molecule has 0 spiro atoms. The standard InChI is InChI=1S/C18H17N3O/c1-12-7-8-16-15(9-12)17(10-13(2)20-16)21-19-11-14-5-3-4-6-18(14)22/h3-11,22H,1-2H3,(H,20,21)/b19-11-. The molecule has 0 aliphatic rings. The molecule has 0 unspecified atom stereocenters. The minimum absolute atomic E-state index is 0.208. The molecule has 4 nitrogen and oxygen atoms in total. The van der Waals surface area contributed by atoms with Crippen LogP contribution in [0.15, 0.2) is 53.6 Å². The maximum atomic E-state index is 9.73. The van der Waals surface area contributed by atoms with Gasteiger partial charge in [0.2, 0.25) is 0 Å². The Hall–Kier alpha value is -2.88. The normalized spacial score (nSPS) is 11.2. The number of phenolic OH excluding ortho intramolecular Hbond substituents is 1. The Kier molecular flexibility index (Phi) is 3.74. The lowest BCUT2D eigenvalue weighted by Crippen LogP contribution is -1.95. The van der Waals surface area contributed by atoms with Gasteiger partial charge in [0.25, 0.3) is 0 Å². The van der Waals surface area contributed by atoms with Crippen molar-refractivity contribution < 1.29 is 5.11 Å². The minimum Gasteiger partial charge on any atom is -0.507 e. The van der Waals surface area contributed by atoms with Gasteiger partial charge in [-0.05, 0) is 44.2 Å². The molecule has 0 aliphatic carbocycles. The molecule has 22 heavy (non-hydrogen) atoms. The van der Waals surface area contributed by atoms with Gasteiger partial charge in [-0.15, -0.1) is 0 Å². The Morgan fingerprint density at radius 1 is 1.09 bits per heavy atom. The van der Waals surface area contributed by atoms with E-state index < -0.39 is 0 Å². The summed E-state index contributed by atoms with van der Waals surface area (Å²) in [5.74, 6) is 0.208. The van der Waals surface area contributed by atoms with Gasteiger partial charge >= 0.3 is 0 Å². The summed E-state index contributed by atoms with van der Waals surface area (Å²) in [6, 6.07) is 15.2. The van der Waals surface area contributed by atoms with Crippen LogP contribution in [0.3, 0.4) is 0 Å². The summed E-state index contributed by atoms with van der Waals surface area (Å²) in [6.45, 7) is 4.01. The third-order valence-corrected chi connectivity index (χ3v) is 3.42. The second-order valence-corrected chi connectivity index (χ2v) is 5.26. The number of rotatable bonds is 3. The molecule has 110 valence electrons. The molecule has 0 bridgehead atoms. The molecule has 1 heterocycles. The third kappa shape index (κ3) is 2.91. The summed E-state index contributed by atoms with van der Waals surface area (Å²) in [5, 5.41) is 15.0. The molecule has 0 radical (unpaired) electrons. The zero-order chi connectivity index (χ0) is 15.5. The van der Waals surface area contributed by atoms with Crippen molar-refractivity contribution in [2.75, 3.05) is 5.43 Å². The van der Waals surface area contributed by atoms with Crippen LogP contribution < -0.4 is 5.43 Å². The second kappa shape index (κ2) is 5.85. The highest BCUT2D eigenvalue weighted by atomic mass is 16.3. The van der Waals surface area contributed by atoms with E-state index in [4.69, 9.17) is 0 Å². The molecule has 2 N–H and O–H groups in total. The molecular weight excluding hydrogens is 274 g/mol. The molecule has 1 aromatic heterocycles. The molecular formula is C18H17N3O. The Morgan fingerprint density at radius 3 is 2.73 bits per heavy atom. The lowest BCUT2D eigenvalue weighted by molar-refractivity contribution is 0.474. The van der Waals surface area contributed by atoms with Crippen molar-refractivity contribution >= 4 is 22.8 Å². The fourth-order valence-corrected chi connectivity index (χ4v) is 2.33. The van der Waals surface area contributed by atoms with Gasteiger partial charge in [0, 0.05) is 16.6 Å². The van der Waals surface area contributed by atoms with Gasteiger partial charge in [0.1, 0.15) is 5.75 Å². The van der Waals surface area contributed by atoms with E-state index in [0.717, 1.165) is 22.3 Å². The van der Waals surface area contributed by atoms with Crippen molar-refractivity contribution in [1.82, 2.24) is 4.98 Å². The van der Waals surface area contributed by atoms with Gasteiger partial charge in [-0.25, -0.2) is 0 Å². The van der Waals surface area contributed by atoms with Crippen molar-refractivity contribution in [3.63, 3.8) is 0 Å².